The molecule has 3 aromatic carbocycles. The van der Waals surface area contributed by atoms with Gasteiger partial charge in [0, 0.05) is 46.5 Å². The van der Waals surface area contributed by atoms with Crippen molar-refractivity contribution in [2.75, 3.05) is 5.32 Å². The fraction of sp³-hybridized carbons (Fsp3) is 0.259. The molecule has 4 rings (SSSR count). The number of rotatable bonds is 6. The zero-order chi connectivity index (χ0) is 24.9. The van der Waals surface area contributed by atoms with E-state index in [-0.39, 0.29) is 30.1 Å². The van der Waals surface area contributed by atoms with Gasteiger partial charge in [0.1, 0.15) is 11.6 Å². The van der Waals surface area contributed by atoms with E-state index in [9.17, 15) is 18.4 Å². The Hall–Kier alpha value is -3.29. The Balaban J connectivity index is 1.51. The van der Waals surface area contributed by atoms with Gasteiger partial charge in [0.15, 0.2) is 0 Å². The minimum Gasteiger partial charge on any atom is -0.331 e. The molecule has 0 atom stereocenters. The highest BCUT2D eigenvalue weighted by molar-refractivity contribution is 6.31. The van der Waals surface area contributed by atoms with Gasteiger partial charge in [-0.25, -0.2) is 8.78 Å². The third-order valence-electron chi connectivity index (χ3n) is 6.20. The fourth-order valence-electron chi connectivity index (χ4n) is 4.35. The fourth-order valence-corrected chi connectivity index (χ4v) is 4.54. The molecule has 0 aliphatic heterocycles. The monoisotopic (exact) mass is 497 g/mol. The average Bonchev–Trinajstić information content (AvgIpc) is 2.83. The standard InChI is InChI=1S/C27H26ClF2N3O2/c28-20-3-1-2-18(12-20)26(34)32-24-8-4-17(5-9-24)16-33(25-10-6-23(31)7-11-25)27(35)19-13-21(29)15-22(30)14-19/h1-5,8-9,12-15,23,25H,6-7,10-11,16,31H2,(H,32,34). The number of halogens is 3. The first kappa shape index (κ1) is 24.8. The largest absolute Gasteiger partial charge is 0.331 e. The first-order valence-corrected chi connectivity index (χ1v) is 11.8. The highest BCUT2D eigenvalue weighted by Gasteiger charge is 2.29. The third-order valence-corrected chi connectivity index (χ3v) is 6.44. The van der Waals surface area contributed by atoms with Crippen LogP contribution in [0, 0.1) is 11.6 Å². The van der Waals surface area contributed by atoms with Crippen molar-refractivity contribution in [1.29, 1.82) is 0 Å². The summed E-state index contributed by atoms with van der Waals surface area (Å²) in [5.41, 5.74) is 7.87. The lowest BCUT2D eigenvalue weighted by atomic mass is 9.90. The lowest BCUT2D eigenvalue weighted by Crippen LogP contribution is -2.43. The Labute approximate surface area is 207 Å². The van der Waals surface area contributed by atoms with E-state index < -0.39 is 17.5 Å². The number of carbonyl (C=O) groups excluding carboxylic acids is 2. The summed E-state index contributed by atoms with van der Waals surface area (Å²) < 4.78 is 27.6. The van der Waals surface area contributed by atoms with Gasteiger partial charge >= 0.3 is 0 Å². The number of benzene rings is 3. The Kier molecular flexibility index (Phi) is 7.78. The molecule has 1 aliphatic carbocycles. The molecule has 5 nitrogen and oxygen atoms in total. The van der Waals surface area contributed by atoms with Crippen LogP contribution in [-0.4, -0.2) is 28.8 Å². The molecule has 0 saturated heterocycles. The van der Waals surface area contributed by atoms with E-state index in [1.165, 1.54) is 0 Å². The molecule has 1 saturated carbocycles. The lowest BCUT2D eigenvalue weighted by Gasteiger charge is -2.36. The number of nitrogens with one attached hydrogen (secondary N) is 1. The summed E-state index contributed by atoms with van der Waals surface area (Å²) in [5, 5.41) is 3.29. The van der Waals surface area contributed by atoms with Crippen LogP contribution < -0.4 is 11.1 Å². The van der Waals surface area contributed by atoms with Gasteiger partial charge in [-0.05, 0) is 73.7 Å². The molecule has 0 bridgehead atoms. The number of amides is 2. The second kappa shape index (κ2) is 11.0. The minimum atomic E-state index is -0.793. The summed E-state index contributed by atoms with van der Waals surface area (Å²) in [6.45, 7) is 0.263. The van der Waals surface area contributed by atoms with Crippen LogP contribution >= 0.6 is 11.6 Å². The van der Waals surface area contributed by atoms with E-state index in [1.807, 2.05) is 12.1 Å². The van der Waals surface area contributed by atoms with Gasteiger partial charge in [0.25, 0.3) is 11.8 Å². The van der Waals surface area contributed by atoms with Crippen LogP contribution in [-0.2, 0) is 6.54 Å². The topological polar surface area (TPSA) is 75.4 Å². The molecule has 182 valence electrons. The maximum absolute atomic E-state index is 13.8. The summed E-state index contributed by atoms with van der Waals surface area (Å²) in [6.07, 6.45) is 3.00. The molecule has 1 aliphatic rings. The van der Waals surface area contributed by atoms with Crippen LogP contribution in [0.25, 0.3) is 0 Å². The van der Waals surface area contributed by atoms with Crippen LogP contribution in [0.2, 0.25) is 5.02 Å². The molecule has 0 radical (unpaired) electrons. The predicted molar refractivity (Wildman–Crippen MR) is 132 cm³/mol. The van der Waals surface area contributed by atoms with E-state index in [0.29, 0.717) is 16.3 Å². The molecule has 8 heteroatoms. The Morgan fingerprint density at radius 3 is 2.20 bits per heavy atom. The number of nitrogens with two attached hydrogens (primary N) is 1. The number of carbonyl (C=O) groups is 2. The second-order valence-electron chi connectivity index (χ2n) is 8.82. The van der Waals surface area contributed by atoms with Crippen LogP contribution in [0.3, 0.4) is 0 Å². The second-order valence-corrected chi connectivity index (χ2v) is 9.26. The maximum Gasteiger partial charge on any atom is 0.255 e. The summed E-state index contributed by atoms with van der Waals surface area (Å²) >= 11 is 5.96. The van der Waals surface area contributed by atoms with Gasteiger partial charge in [-0.2, -0.15) is 0 Å². The van der Waals surface area contributed by atoms with Crippen molar-refractivity contribution in [2.45, 2.75) is 44.3 Å². The molecule has 2 amide bonds. The number of anilines is 1. The molecule has 35 heavy (non-hydrogen) atoms. The van der Waals surface area contributed by atoms with Gasteiger partial charge < -0.3 is 16.0 Å². The predicted octanol–water partition coefficient (Wildman–Crippen LogP) is 5.78. The summed E-state index contributed by atoms with van der Waals surface area (Å²) in [5.74, 6) is -2.30. The first-order valence-electron chi connectivity index (χ1n) is 11.5. The molecule has 0 unspecified atom stereocenters. The van der Waals surface area contributed by atoms with Gasteiger partial charge in [-0.3, -0.25) is 9.59 Å². The van der Waals surface area contributed by atoms with Gasteiger partial charge in [-0.1, -0.05) is 29.8 Å². The van der Waals surface area contributed by atoms with Gasteiger partial charge in [-0.15, -0.1) is 0 Å². The number of hydrogen-bond acceptors (Lipinski definition) is 3. The van der Waals surface area contributed by atoms with E-state index >= 15 is 0 Å². The van der Waals surface area contributed by atoms with Crippen LogP contribution in [0.1, 0.15) is 52.0 Å². The van der Waals surface area contributed by atoms with Crippen LogP contribution in [0.15, 0.2) is 66.7 Å². The molecule has 0 heterocycles. The van der Waals surface area contributed by atoms with Crippen molar-refractivity contribution in [3.63, 3.8) is 0 Å². The van der Waals surface area contributed by atoms with Crippen molar-refractivity contribution < 1.29 is 18.4 Å². The quantitative estimate of drug-likeness (QED) is 0.453. The van der Waals surface area contributed by atoms with Crippen molar-refractivity contribution in [1.82, 2.24) is 4.90 Å². The molecule has 3 N–H and O–H groups in total. The molecule has 0 spiro atoms. The van der Waals surface area contributed by atoms with E-state index in [2.05, 4.69) is 5.32 Å². The first-order chi connectivity index (χ1) is 16.8. The molecular formula is C27H26ClF2N3O2. The van der Waals surface area contributed by atoms with E-state index in [4.69, 9.17) is 17.3 Å². The molecule has 3 aromatic rings. The lowest BCUT2D eigenvalue weighted by molar-refractivity contribution is 0.0605. The molecular weight excluding hydrogens is 472 g/mol. The summed E-state index contributed by atoms with van der Waals surface area (Å²) in [6, 6.07) is 16.6. The van der Waals surface area contributed by atoms with Crippen LogP contribution in [0.4, 0.5) is 14.5 Å². The zero-order valence-corrected chi connectivity index (χ0v) is 19.8. The van der Waals surface area contributed by atoms with E-state index in [0.717, 1.165) is 49.4 Å². The highest BCUT2D eigenvalue weighted by atomic mass is 35.5. The molecule has 0 aromatic heterocycles. The average molecular weight is 498 g/mol. The van der Waals surface area contributed by atoms with Crippen molar-refractivity contribution in [2.24, 2.45) is 5.73 Å². The van der Waals surface area contributed by atoms with Crippen molar-refractivity contribution in [3.05, 3.63) is 100 Å². The summed E-state index contributed by atoms with van der Waals surface area (Å²) in [7, 11) is 0. The zero-order valence-electron chi connectivity index (χ0n) is 19.0. The maximum atomic E-state index is 13.8. The highest BCUT2D eigenvalue weighted by Crippen LogP contribution is 2.26. The van der Waals surface area contributed by atoms with Crippen molar-refractivity contribution in [3.8, 4) is 0 Å². The normalized spacial score (nSPS) is 17.6. The SMILES string of the molecule is NC1CCC(N(Cc2ccc(NC(=O)c3cccc(Cl)c3)cc2)C(=O)c2cc(F)cc(F)c2)CC1. The Morgan fingerprint density at radius 1 is 0.914 bits per heavy atom. The number of nitrogens with zero attached hydrogens (tertiary/aromatic N) is 1. The Bertz CT molecular complexity index is 1190. The number of hydrogen-bond donors (Lipinski definition) is 2. The smallest absolute Gasteiger partial charge is 0.255 e. The Morgan fingerprint density at radius 2 is 1.57 bits per heavy atom. The molecule has 1 fully saturated rings. The van der Waals surface area contributed by atoms with Gasteiger partial charge in [0.2, 0.25) is 0 Å². The third kappa shape index (κ3) is 6.44. The minimum absolute atomic E-state index is 0.0252. The van der Waals surface area contributed by atoms with Crippen LogP contribution in [0.5, 0.6) is 0 Å². The summed E-state index contributed by atoms with van der Waals surface area (Å²) in [4.78, 5) is 27.5. The van der Waals surface area contributed by atoms with Gasteiger partial charge in [0.05, 0.1) is 0 Å². The van der Waals surface area contributed by atoms with E-state index in [1.54, 1.807) is 41.3 Å². The van der Waals surface area contributed by atoms with Crippen molar-refractivity contribution >= 4 is 29.1 Å².